The summed E-state index contributed by atoms with van der Waals surface area (Å²) in [5.74, 6) is -2.91. The van der Waals surface area contributed by atoms with Crippen molar-refractivity contribution < 1.29 is 22.0 Å². The van der Waals surface area contributed by atoms with E-state index in [0.29, 0.717) is 32.8 Å². The van der Waals surface area contributed by atoms with Crippen LogP contribution in [0.3, 0.4) is 0 Å². The number of imidazole rings is 2. The van der Waals surface area contributed by atoms with Gasteiger partial charge in [-0.2, -0.15) is 10.2 Å². The molecule has 0 radical (unpaired) electrons. The Bertz CT molecular complexity index is 2890. The molecule has 0 saturated heterocycles. The zero-order valence-electron chi connectivity index (χ0n) is 29.9. The minimum Gasteiger partial charge on any atom is -0.296 e. The van der Waals surface area contributed by atoms with Crippen LogP contribution in [0.5, 0.6) is 0 Å². The number of nitrogens with zero attached hydrogens (tertiary/aromatic N) is 8. The first-order chi connectivity index (χ1) is 28.2. The minimum atomic E-state index is -0.675. The van der Waals surface area contributed by atoms with Crippen molar-refractivity contribution in [3.05, 3.63) is 193 Å². The fraction of sp³-hybridized carbons (Fsp3) is 0. The second kappa shape index (κ2) is 14.9. The molecule has 0 bridgehead atoms. The number of rotatable bonds is 6. The number of halogens is 6. The van der Waals surface area contributed by atoms with Crippen LogP contribution in [0.2, 0.25) is 5.02 Å². The van der Waals surface area contributed by atoms with E-state index in [4.69, 9.17) is 11.6 Å². The fourth-order valence-electron chi connectivity index (χ4n) is 6.69. The van der Waals surface area contributed by atoms with Crippen LogP contribution in [0.1, 0.15) is 0 Å². The van der Waals surface area contributed by atoms with Crippen molar-refractivity contribution in [1.82, 2.24) is 38.7 Å². The van der Waals surface area contributed by atoms with E-state index in [1.54, 1.807) is 55.2 Å². The van der Waals surface area contributed by atoms with Gasteiger partial charge in [0.1, 0.15) is 41.7 Å². The molecule has 284 valence electrons. The molecule has 4 heterocycles. The van der Waals surface area contributed by atoms with Crippen LogP contribution in [-0.4, -0.2) is 38.7 Å². The first-order valence-corrected chi connectivity index (χ1v) is 18.0. The van der Waals surface area contributed by atoms with Gasteiger partial charge in [-0.15, -0.1) is 0 Å². The molecule has 14 heteroatoms. The van der Waals surface area contributed by atoms with E-state index < -0.39 is 23.3 Å². The van der Waals surface area contributed by atoms with Crippen LogP contribution in [0, 0.1) is 29.1 Å². The van der Waals surface area contributed by atoms with Gasteiger partial charge >= 0.3 is 0 Å². The zero-order valence-corrected chi connectivity index (χ0v) is 30.6. The van der Waals surface area contributed by atoms with Crippen molar-refractivity contribution in [2.75, 3.05) is 0 Å². The molecule has 10 aromatic rings. The Hall–Kier alpha value is -7.38. The van der Waals surface area contributed by atoms with Crippen molar-refractivity contribution in [2.24, 2.45) is 0 Å². The predicted octanol–water partition coefficient (Wildman–Crippen LogP) is 11.1. The molecule has 10 rings (SSSR count). The lowest BCUT2D eigenvalue weighted by Crippen LogP contribution is -2.00. The van der Waals surface area contributed by atoms with E-state index >= 15 is 0 Å². The number of hydrogen-bond acceptors (Lipinski definition) is 4. The van der Waals surface area contributed by atoms with Crippen LogP contribution in [0.4, 0.5) is 22.0 Å². The Morgan fingerprint density at radius 2 is 0.862 bits per heavy atom. The summed E-state index contributed by atoms with van der Waals surface area (Å²) in [6.45, 7) is 0. The van der Waals surface area contributed by atoms with E-state index in [1.807, 2.05) is 60.7 Å². The largest absolute Gasteiger partial charge is 0.296 e. The number of fused-ring (bicyclic) bond motifs is 2. The van der Waals surface area contributed by atoms with Crippen LogP contribution in [0.15, 0.2) is 159 Å². The van der Waals surface area contributed by atoms with Gasteiger partial charge in [-0.25, -0.2) is 41.3 Å². The summed E-state index contributed by atoms with van der Waals surface area (Å²) in [5, 5.41) is 9.40. The SMILES string of the molecule is Fc1ccc(-n2cnc3ccc(-c4ccnn4-c4ccc(Cl)cc4)cc32)c(F)c1.Fc1ccc(-n2nccc2-c2ccc3ncn(-c4ccc(F)cc4F)c3c2)cc1. The predicted molar refractivity (Wildman–Crippen MR) is 212 cm³/mol. The van der Waals surface area contributed by atoms with E-state index in [-0.39, 0.29) is 17.2 Å². The topological polar surface area (TPSA) is 71.3 Å². The average Bonchev–Trinajstić information content (AvgIpc) is 4.05. The van der Waals surface area contributed by atoms with Gasteiger partial charge in [-0.1, -0.05) is 23.7 Å². The van der Waals surface area contributed by atoms with Crippen LogP contribution in [-0.2, 0) is 0 Å². The Kier molecular flexibility index (Phi) is 9.34. The first kappa shape index (κ1) is 36.3. The molecule has 6 aromatic carbocycles. The van der Waals surface area contributed by atoms with Gasteiger partial charge in [0.05, 0.1) is 68.6 Å². The normalized spacial score (nSPS) is 11.3. The molecule has 0 aliphatic rings. The molecule has 0 unspecified atom stereocenters. The van der Waals surface area contributed by atoms with Crippen molar-refractivity contribution >= 4 is 33.7 Å². The van der Waals surface area contributed by atoms with Crippen molar-refractivity contribution in [1.29, 1.82) is 0 Å². The van der Waals surface area contributed by atoms with Gasteiger partial charge in [0.2, 0.25) is 0 Å². The molecule has 0 atom stereocenters. The summed E-state index contributed by atoms with van der Waals surface area (Å²) in [6, 6.07) is 35.3. The van der Waals surface area contributed by atoms with Gasteiger partial charge in [-0.05, 0) is 109 Å². The minimum absolute atomic E-state index is 0.207. The van der Waals surface area contributed by atoms with Crippen LogP contribution >= 0.6 is 11.6 Å². The van der Waals surface area contributed by atoms with Gasteiger partial charge in [0, 0.05) is 28.3 Å². The summed E-state index contributed by atoms with van der Waals surface area (Å²) in [6.07, 6.45) is 6.40. The number of benzene rings is 6. The highest BCUT2D eigenvalue weighted by Gasteiger charge is 2.16. The van der Waals surface area contributed by atoms with E-state index in [0.717, 1.165) is 40.3 Å². The first-order valence-electron chi connectivity index (χ1n) is 17.7. The molecule has 4 aromatic heterocycles. The molecular weight excluding hydrogens is 771 g/mol. The lowest BCUT2D eigenvalue weighted by Gasteiger charge is -2.10. The number of hydrogen-bond donors (Lipinski definition) is 0. The summed E-state index contributed by atoms with van der Waals surface area (Å²) in [7, 11) is 0. The second-order valence-corrected chi connectivity index (χ2v) is 13.5. The van der Waals surface area contributed by atoms with Gasteiger partial charge in [0.25, 0.3) is 0 Å². The van der Waals surface area contributed by atoms with Gasteiger partial charge in [-0.3, -0.25) is 9.13 Å². The smallest absolute Gasteiger partial charge is 0.150 e. The Balaban J connectivity index is 0.000000150. The van der Waals surface area contributed by atoms with Crippen LogP contribution < -0.4 is 0 Å². The third-order valence-corrected chi connectivity index (χ3v) is 9.70. The molecule has 0 fully saturated rings. The molecule has 0 aliphatic carbocycles. The molecule has 0 amide bonds. The van der Waals surface area contributed by atoms with Gasteiger partial charge in [0.15, 0.2) is 0 Å². The average molecular weight is 797 g/mol. The summed E-state index contributed by atoms with van der Waals surface area (Å²) < 4.78 is 75.1. The Morgan fingerprint density at radius 3 is 1.31 bits per heavy atom. The maximum Gasteiger partial charge on any atom is 0.150 e. The number of aromatic nitrogens is 8. The molecule has 0 N–H and O–H groups in total. The quantitative estimate of drug-likeness (QED) is 0.157. The second-order valence-electron chi connectivity index (χ2n) is 13.0. The van der Waals surface area contributed by atoms with Crippen molar-refractivity contribution in [2.45, 2.75) is 0 Å². The summed E-state index contributed by atoms with van der Waals surface area (Å²) in [5.41, 5.74) is 8.12. The molecular formula is C44H26ClF5N8. The van der Waals surface area contributed by atoms with Gasteiger partial charge < -0.3 is 0 Å². The third kappa shape index (κ3) is 6.88. The maximum atomic E-state index is 14.3. The maximum absolute atomic E-state index is 14.3. The standard InChI is InChI=1S/C22H13ClF2N4.C22H13F3N4/c2*23-15-2-5-17(6-3-15)29-20(9-10-27-29)14-1-7-19-22(11-14)28(13-26-19)21-8-4-16(24)12-18(21)25/h2*1-13H. The summed E-state index contributed by atoms with van der Waals surface area (Å²) in [4.78, 5) is 8.65. The van der Waals surface area contributed by atoms with E-state index in [2.05, 4.69) is 20.2 Å². The molecule has 0 aliphatic heterocycles. The molecule has 0 spiro atoms. The highest BCUT2D eigenvalue weighted by Crippen LogP contribution is 2.30. The fourth-order valence-corrected chi connectivity index (χ4v) is 6.82. The lowest BCUT2D eigenvalue weighted by molar-refractivity contribution is 0.578. The lowest BCUT2D eigenvalue weighted by atomic mass is 10.1. The van der Waals surface area contributed by atoms with Crippen LogP contribution in [0.25, 0.3) is 67.3 Å². The monoisotopic (exact) mass is 796 g/mol. The van der Waals surface area contributed by atoms with E-state index in [1.165, 1.54) is 49.1 Å². The van der Waals surface area contributed by atoms with Crippen molar-refractivity contribution in [3.63, 3.8) is 0 Å². The third-order valence-electron chi connectivity index (χ3n) is 9.45. The molecule has 58 heavy (non-hydrogen) atoms. The summed E-state index contributed by atoms with van der Waals surface area (Å²) >= 11 is 5.99. The Morgan fingerprint density at radius 1 is 0.431 bits per heavy atom. The molecule has 0 saturated carbocycles. The van der Waals surface area contributed by atoms with Crippen molar-refractivity contribution in [3.8, 4) is 45.3 Å². The highest BCUT2D eigenvalue weighted by molar-refractivity contribution is 6.30. The zero-order chi connectivity index (χ0) is 39.9. The van der Waals surface area contributed by atoms with E-state index in [9.17, 15) is 22.0 Å². The molecule has 8 nitrogen and oxygen atoms in total. The highest BCUT2D eigenvalue weighted by atomic mass is 35.5. The Labute approximate surface area is 331 Å².